The van der Waals surface area contributed by atoms with Gasteiger partial charge < -0.3 is 15.5 Å². The van der Waals surface area contributed by atoms with Crippen LogP contribution in [-0.2, 0) is 9.59 Å². The molecule has 0 saturated heterocycles. The van der Waals surface area contributed by atoms with Gasteiger partial charge in [0.25, 0.3) is 11.6 Å². The summed E-state index contributed by atoms with van der Waals surface area (Å²) in [5.41, 5.74) is 0.890. The summed E-state index contributed by atoms with van der Waals surface area (Å²) in [5.74, 6) is -0.906. The largest absolute Gasteiger partial charge is 0.331 e. The van der Waals surface area contributed by atoms with E-state index in [1.807, 2.05) is 0 Å². The van der Waals surface area contributed by atoms with Gasteiger partial charge in [0.05, 0.1) is 4.92 Å². The van der Waals surface area contributed by atoms with E-state index in [0.29, 0.717) is 6.54 Å². The van der Waals surface area contributed by atoms with Crippen molar-refractivity contribution < 1.29 is 24.5 Å². The zero-order valence-electron chi connectivity index (χ0n) is 18.6. The molecule has 32 heavy (non-hydrogen) atoms. The molecular weight excluding hydrogens is 418 g/mol. The van der Waals surface area contributed by atoms with Crippen LogP contribution in [0, 0.1) is 21.4 Å². The number of urea groups is 1. The number of nitro groups is 1. The Kier molecular flexibility index (Phi) is 8.53. The van der Waals surface area contributed by atoms with Gasteiger partial charge in [-0.2, -0.15) is 0 Å². The molecule has 2 rings (SSSR count). The first-order valence-electron chi connectivity index (χ1n) is 10.5. The van der Waals surface area contributed by atoms with Crippen LogP contribution in [0.15, 0.2) is 24.3 Å². The molecular formula is C21H31N5O6. The number of hydrogen-bond acceptors (Lipinski definition) is 6. The van der Waals surface area contributed by atoms with Crippen molar-refractivity contribution in [1.29, 1.82) is 0 Å². The van der Waals surface area contributed by atoms with E-state index in [1.165, 1.54) is 29.2 Å². The zero-order valence-corrected chi connectivity index (χ0v) is 18.6. The maximum Gasteiger partial charge on any atom is 0.319 e. The lowest BCUT2D eigenvalue weighted by atomic mass is 9.85. The number of nitrogens with zero attached hydrogens (tertiary/aromatic N) is 2. The number of carbonyl (C=O) groups is 3. The van der Waals surface area contributed by atoms with Gasteiger partial charge in [-0.15, -0.1) is 0 Å². The van der Waals surface area contributed by atoms with Crippen LogP contribution in [0.3, 0.4) is 0 Å². The number of carbonyl (C=O) groups excluding carboxylic acids is 3. The van der Waals surface area contributed by atoms with Crippen molar-refractivity contribution in [2.24, 2.45) is 11.3 Å². The molecule has 0 heterocycles. The van der Waals surface area contributed by atoms with Gasteiger partial charge in [-0.1, -0.05) is 39.7 Å². The Morgan fingerprint density at radius 2 is 1.91 bits per heavy atom. The van der Waals surface area contributed by atoms with Crippen molar-refractivity contribution in [3.05, 3.63) is 34.4 Å². The van der Waals surface area contributed by atoms with Gasteiger partial charge in [0.1, 0.15) is 12.6 Å². The number of nitro benzene ring substituents is 1. The molecule has 0 radical (unpaired) electrons. The molecule has 1 aromatic carbocycles. The van der Waals surface area contributed by atoms with E-state index in [0.717, 1.165) is 25.7 Å². The fourth-order valence-electron chi connectivity index (χ4n) is 3.77. The minimum absolute atomic E-state index is 0.177. The van der Waals surface area contributed by atoms with Crippen LogP contribution in [0.4, 0.5) is 16.2 Å². The van der Waals surface area contributed by atoms with E-state index < -0.39 is 34.2 Å². The van der Waals surface area contributed by atoms with E-state index in [-0.39, 0.29) is 23.8 Å². The third-order valence-corrected chi connectivity index (χ3v) is 5.43. The molecule has 0 aliphatic heterocycles. The third kappa shape index (κ3) is 7.19. The molecule has 11 nitrogen and oxygen atoms in total. The summed E-state index contributed by atoms with van der Waals surface area (Å²) in [6, 6.07) is 3.78. The Morgan fingerprint density at radius 3 is 2.47 bits per heavy atom. The lowest BCUT2D eigenvalue weighted by Gasteiger charge is -2.35. The fourth-order valence-corrected chi connectivity index (χ4v) is 3.77. The molecule has 11 heteroatoms. The zero-order chi connectivity index (χ0) is 23.9. The molecule has 1 aliphatic carbocycles. The number of non-ortho nitro benzene ring substituents is 1. The van der Waals surface area contributed by atoms with Crippen molar-refractivity contribution in [2.45, 2.75) is 52.5 Å². The predicted molar refractivity (Wildman–Crippen MR) is 117 cm³/mol. The molecule has 4 N–H and O–H groups in total. The number of benzene rings is 1. The molecule has 1 aliphatic rings. The number of nitrogens with one attached hydrogen (secondary N) is 3. The van der Waals surface area contributed by atoms with Crippen molar-refractivity contribution in [3.63, 3.8) is 0 Å². The fraction of sp³-hybridized carbons (Fsp3) is 0.571. The van der Waals surface area contributed by atoms with Gasteiger partial charge in [-0.3, -0.25) is 24.9 Å². The normalized spacial score (nSPS) is 15.0. The highest BCUT2D eigenvalue weighted by atomic mass is 16.6. The Bertz CT molecular complexity index is 847. The average Bonchev–Trinajstić information content (AvgIpc) is 3.23. The van der Waals surface area contributed by atoms with Crippen molar-refractivity contribution in [3.8, 4) is 0 Å². The number of rotatable bonds is 8. The molecule has 1 fully saturated rings. The van der Waals surface area contributed by atoms with Crippen molar-refractivity contribution >= 4 is 29.2 Å². The molecule has 0 aromatic heterocycles. The maximum absolute atomic E-state index is 13.4. The van der Waals surface area contributed by atoms with Gasteiger partial charge in [-0.05, 0) is 30.2 Å². The highest BCUT2D eigenvalue weighted by Crippen LogP contribution is 2.27. The SMILES string of the molecule is CC(C)(C)C(NC(=O)Nc1cccc([N+](=O)[O-])c1)C(=O)N(CC(=O)NO)CC1CCCC1. The first-order chi connectivity index (χ1) is 15.0. The molecule has 0 bridgehead atoms. The third-order valence-electron chi connectivity index (χ3n) is 5.43. The molecule has 1 unspecified atom stereocenters. The van der Waals surface area contributed by atoms with Gasteiger partial charge in [0.2, 0.25) is 5.91 Å². The van der Waals surface area contributed by atoms with Gasteiger partial charge >= 0.3 is 6.03 Å². The van der Waals surface area contributed by atoms with Crippen LogP contribution in [0.1, 0.15) is 46.5 Å². The summed E-state index contributed by atoms with van der Waals surface area (Å²) < 4.78 is 0. The predicted octanol–water partition coefficient (Wildman–Crippen LogP) is 2.66. The summed E-state index contributed by atoms with van der Waals surface area (Å²) in [7, 11) is 0. The van der Waals surface area contributed by atoms with E-state index in [2.05, 4.69) is 10.6 Å². The summed E-state index contributed by atoms with van der Waals surface area (Å²) in [5, 5.41) is 25.0. The molecule has 0 spiro atoms. The summed E-state index contributed by atoms with van der Waals surface area (Å²) in [6.07, 6.45) is 4.02. The van der Waals surface area contributed by atoms with E-state index in [4.69, 9.17) is 5.21 Å². The van der Waals surface area contributed by atoms with Gasteiger partial charge in [0.15, 0.2) is 0 Å². The highest BCUT2D eigenvalue weighted by molar-refractivity contribution is 5.95. The number of hydrogen-bond donors (Lipinski definition) is 4. The number of amides is 4. The van der Waals surface area contributed by atoms with Crippen LogP contribution in [0.5, 0.6) is 0 Å². The molecule has 4 amide bonds. The summed E-state index contributed by atoms with van der Waals surface area (Å²) >= 11 is 0. The average molecular weight is 450 g/mol. The Balaban J connectivity index is 2.17. The quantitative estimate of drug-likeness (QED) is 0.272. The number of anilines is 1. The Hall–Kier alpha value is -3.21. The molecule has 176 valence electrons. The van der Waals surface area contributed by atoms with E-state index in [9.17, 15) is 24.5 Å². The second-order valence-corrected chi connectivity index (χ2v) is 9.11. The summed E-state index contributed by atoms with van der Waals surface area (Å²) in [6.45, 7) is 5.37. The second kappa shape index (κ2) is 10.9. The van der Waals surface area contributed by atoms with Crippen LogP contribution >= 0.6 is 0 Å². The minimum Gasteiger partial charge on any atom is -0.331 e. The van der Waals surface area contributed by atoms with E-state index in [1.54, 1.807) is 26.3 Å². The topological polar surface area (TPSA) is 154 Å². The van der Waals surface area contributed by atoms with Crippen LogP contribution in [0.25, 0.3) is 0 Å². The standard InChI is InChI=1S/C21H31N5O6/c1-21(2,3)18(23-20(29)22-15-9-6-10-16(11-15)26(31)32)19(28)25(13-17(27)24-30)12-14-7-4-5-8-14/h6,9-11,14,18,30H,4-5,7-8,12-13H2,1-3H3,(H,24,27)(H2,22,23,29). The first kappa shape index (κ1) is 25.1. The molecule has 1 aromatic rings. The minimum atomic E-state index is -0.978. The van der Waals surface area contributed by atoms with Crippen molar-refractivity contribution in [1.82, 2.24) is 15.7 Å². The Labute approximate surface area is 186 Å². The van der Waals surface area contributed by atoms with Crippen LogP contribution in [0.2, 0.25) is 0 Å². The van der Waals surface area contributed by atoms with Crippen molar-refractivity contribution in [2.75, 3.05) is 18.4 Å². The first-order valence-corrected chi connectivity index (χ1v) is 10.5. The lowest BCUT2D eigenvalue weighted by molar-refractivity contribution is -0.384. The second-order valence-electron chi connectivity index (χ2n) is 9.11. The van der Waals surface area contributed by atoms with E-state index >= 15 is 0 Å². The summed E-state index contributed by atoms with van der Waals surface area (Å²) in [4.78, 5) is 49.6. The lowest BCUT2D eigenvalue weighted by Crippen LogP contribution is -2.57. The number of hydroxylamine groups is 1. The highest BCUT2D eigenvalue weighted by Gasteiger charge is 2.37. The van der Waals surface area contributed by atoms with Gasteiger partial charge in [-0.25, -0.2) is 10.3 Å². The monoisotopic (exact) mass is 449 g/mol. The maximum atomic E-state index is 13.4. The van der Waals surface area contributed by atoms with Gasteiger partial charge in [0, 0.05) is 24.4 Å². The molecule has 1 saturated carbocycles. The Morgan fingerprint density at radius 1 is 1.25 bits per heavy atom. The molecule has 1 atom stereocenters. The van der Waals surface area contributed by atoms with Crippen LogP contribution in [-0.4, -0.2) is 52.0 Å². The smallest absolute Gasteiger partial charge is 0.319 e. The van der Waals surface area contributed by atoms with Crippen LogP contribution < -0.4 is 16.1 Å².